The van der Waals surface area contributed by atoms with Crippen molar-refractivity contribution < 1.29 is 0 Å². The minimum atomic E-state index is 0.372. The van der Waals surface area contributed by atoms with E-state index in [-0.39, 0.29) is 0 Å². The monoisotopic (exact) mass is 322 g/mol. The van der Waals surface area contributed by atoms with Gasteiger partial charge >= 0.3 is 0 Å². The molecule has 0 fully saturated rings. The third-order valence-corrected chi connectivity index (χ3v) is 4.55. The van der Waals surface area contributed by atoms with Gasteiger partial charge in [0.25, 0.3) is 5.95 Å². The third-order valence-electron chi connectivity index (χ3n) is 3.57. The maximum atomic E-state index is 4.45. The summed E-state index contributed by atoms with van der Waals surface area (Å²) in [7, 11) is 0. The highest BCUT2D eigenvalue weighted by Gasteiger charge is 2.09. The molecule has 0 spiro atoms. The lowest BCUT2D eigenvalue weighted by Crippen LogP contribution is -2.02. The number of hydrogen-bond donors (Lipinski definition) is 2. The Balaban J connectivity index is 1.69. The molecular weight excluding hydrogens is 308 g/mol. The number of hydrogen-bond acceptors (Lipinski definition) is 6. The van der Waals surface area contributed by atoms with Crippen molar-refractivity contribution in [1.29, 1.82) is 0 Å². The van der Waals surface area contributed by atoms with Gasteiger partial charge in [-0.1, -0.05) is 17.7 Å². The van der Waals surface area contributed by atoms with Crippen molar-refractivity contribution in [3.8, 4) is 0 Å². The first-order chi connectivity index (χ1) is 11.2. The molecule has 0 radical (unpaired) electrons. The van der Waals surface area contributed by atoms with Gasteiger partial charge in [0, 0.05) is 15.8 Å². The summed E-state index contributed by atoms with van der Waals surface area (Å²) in [6.07, 6.45) is 0. The summed E-state index contributed by atoms with van der Waals surface area (Å²) in [4.78, 5) is 8.82. The van der Waals surface area contributed by atoms with Crippen molar-refractivity contribution in [3.63, 3.8) is 0 Å². The van der Waals surface area contributed by atoms with Gasteiger partial charge in [0.15, 0.2) is 5.65 Å². The van der Waals surface area contributed by atoms with E-state index < -0.39 is 0 Å². The van der Waals surface area contributed by atoms with Crippen molar-refractivity contribution in [2.45, 2.75) is 13.8 Å². The summed E-state index contributed by atoms with van der Waals surface area (Å²) in [5.74, 6) is 0.372. The summed E-state index contributed by atoms with van der Waals surface area (Å²) >= 11 is 1.64. The first kappa shape index (κ1) is 13.8. The van der Waals surface area contributed by atoms with E-state index in [9.17, 15) is 0 Å². The lowest BCUT2D eigenvalue weighted by molar-refractivity contribution is 1.01. The number of H-pyrrole nitrogens is 1. The topological polar surface area (TPSA) is 78.8 Å². The molecule has 3 heterocycles. The third kappa shape index (κ3) is 2.55. The fraction of sp³-hybridized carbons (Fsp3) is 0.125. The molecular formula is C16H14N6S. The standard InChI is InChI=1S/C16H14N6S/c1-9-5-6-12-11(8-9)14-15(17-12)18-16(22-20-14)21-19-10(2)13-4-3-7-23-13/h3-8H,1-2H3,(H2,17,18,21,22). The smallest absolute Gasteiger partial charge is 0.265 e. The molecule has 7 heteroatoms. The largest absolute Gasteiger partial charge is 0.338 e. The molecule has 1 aromatic carbocycles. The van der Waals surface area contributed by atoms with Crippen LogP contribution in [0.5, 0.6) is 0 Å². The van der Waals surface area contributed by atoms with Crippen LogP contribution in [0.1, 0.15) is 17.4 Å². The second kappa shape index (κ2) is 5.44. The SMILES string of the molecule is CC(=NNc1nnc2c(n1)[nH]c1ccc(C)cc12)c1cccs1. The molecule has 114 valence electrons. The molecule has 6 nitrogen and oxygen atoms in total. The highest BCUT2D eigenvalue weighted by Crippen LogP contribution is 2.23. The first-order valence-electron chi connectivity index (χ1n) is 7.17. The first-order valence-corrected chi connectivity index (χ1v) is 8.05. The summed E-state index contributed by atoms with van der Waals surface area (Å²) < 4.78 is 0. The van der Waals surface area contributed by atoms with Crippen LogP contribution in [0, 0.1) is 6.92 Å². The number of benzene rings is 1. The summed E-state index contributed by atoms with van der Waals surface area (Å²) in [5, 5.41) is 15.8. The van der Waals surface area contributed by atoms with Gasteiger partial charge in [-0.15, -0.1) is 21.5 Å². The van der Waals surface area contributed by atoms with Crippen molar-refractivity contribution in [3.05, 3.63) is 46.2 Å². The van der Waals surface area contributed by atoms with Crippen LogP contribution in [-0.4, -0.2) is 25.9 Å². The molecule has 23 heavy (non-hydrogen) atoms. The molecule has 0 aliphatic heterocycles. The summed E-state index contributed by atoms with van der Waals surface area (Å²) in [6, 6.07) is 10.2. The van der Waals surface area contributed by atoms with Crippen LogP contribution >= 0.6 is 11.3 Å². The number of fused-ring (bicyclic) bond motifs is 3. The molecule has 0 atom stereocenters. The minimum Gasteiger partial charge on any atom is -0.338 e. The van der Waals surface area contributed by atoms with Crippen molar-refractivity contribution >= 4 is 45.1 Å². The molecule has 0 amide bonds. The van der Waals surface area contributed by atoms with E-state index in [1.807, 2.05) is 30.5 Å². The molecule has 2 N–H and O–H groups in total. The molecule has 0 saturated heterocycles. The van der Waals surface area contributed by atoms with Crippen LogP contribution in [-0.2, 0) is 0 Å². The average molecular weight is 322 g/mol. The lowest BCUT2D eigenvalue weighted by atomic mass is 10.2. The predicted octanol–water partition coefficient (Wildman–Crippen LogP) is 3.71. The highest BCUT2D eigenvalue weighted by molar-refractivity contribution is 7.12. The number of anilines is 1. The molecule has 0 unspecified atom stereocenters. The summed E-state index contributed by atoms with van der Waals surface area (Å²) in [6.45, 7) is 3.99. The Morgan fingerprint density at radius 2 is 2.17 bits per heavy atom. The second-order valence-corrected chi connectivity index (χ2v) is 6.24. The molecule has 3 aromatic heterocycles. The van der Waals surface area contributed by atoms with Gasteiger partial charge < -0.3 is 4.98 Å². The minimum absolute atomic E-state index is 0.372. The zero-order chi connectivity index (χ0) is 15.8. The number of rotatable bonds is 3. The molecule has 4 rings (SSSR count). The van der Waals surface area contributed by atoms with Gasteiger partial charge in [-0.2, -0.15) is 10.1 Å². The summed E-state index contributed by atoms with van der Waals surface area (Å²) in [5.41, 5.74) is 7.41. The van der Waals surface area contributed by atoms with Gasteiger partial charge in [-0.3, -0.25) is 0 Å². The fourth-order valence-electron chi connectivity index (χ4n) is 2.41. The zero-order valence-electron chi connectivity index (χ0n) is 12.7. The van der Waals surface area contributed by atoms with Gasteiger partial charge in [0.2, 0.25) is 0 Å². The second-order valence-electron chi connectivity index (χ2n) is 5.29. The van der Waals surface area contributed by atoms with Crippen LogP contribution in [0.4, 0.5) is 5.95 Å². The van der Waals surface area contributed by atoms with E-state index in [1.165, 1.54) is 5.56 Å². The molecule has 4 aromatic rings. The van der Waals surface area contributed by atoms with Gasteiger partial charge in [0.1, 0.15) is 5.52 Å². The number of thiophene rings is 1. The number of hydrazone groups is 1. The number of nitrogens with zero attached hydrogens (tertiary/aromatic N) is 4. The predicted molar refractivity (Wildman–Crippen MR) is 94.1 cm³/mol. The Labute approximate surface area is 136 Å². The fourth-order valence-corrected chi connectivity index (χ4v) is 3.08. The quantitative estimate of drug-likeness (QED) is 0.445. The number of nitrogens with one attached hydrogen (secondary N) is 2. The Hall–Kier alpha value is -2.80. The van der Waals surface area contributed by atoms with E-state index in [1.54, 1.807) is 11.3 Å². The van der Waals surface area contributed by atoms with E-state index >= 15 is 0 Å². The van der Waals surface area contributed by atoms with Crippen molar-refractivity contribution in [1.82, 2.24) is 20.2 Å². The molecule has 0 aliphatic carbocycles. The Morgan fingerprint density at radius 3 is 3.00 bits per heavy atom. The van der Waals surface area contributed by atoms with E-state index in [2.05, 4.69) is 49.7 Å². The number of aromatic nitrogens is 4. The molecule has 0 saturated carbocycles. The highest BCUT2D eigenvalue weighted by atomic mass is 32.1. The van der Waals surface area contributed by atoms with E-state index in [0.717, 1.165) is 27.0 Å². The average Bonchev–Trinajstić information content (AvgIpc) is 3.19. The Bertz CT molecular complexity index is 1020. The van der Waals surface area contributed by atoms with Crippen LogP contribution in [0.15, 0.2) is 40.8 Å². The Kier molecular flexibility index (Phi) is 3.27. The van der Waals surface area contributed by atoms with Gasteiger partial charge in [0.05, 0.1) is 5.71 Å². The van der Waals surface area contributed by atoms with Crippen molar-refractivity contribution in [2.24, 2.45) is 5.10 Å². The van der Waals surface area contributed by atoms with Crippen LogP contribution < -0.4 is 5.43 Å². The Morgan fingerprint density at radius 1 is 1.26 bits per heavy atom. The van der Waals surface area contributed by atoms with Crippen LogP contribution in [0.2, 0.25) is 0 Å². The maximum absolute atomic E-state index is 4.45. The normalized spacial score (nSPS) is 12.2. The maximum Gasteiger partial charge on any atom is 0.265 e. The van der Waals surface area contributed by atoms with Crippen LogP contribution in [0.3, 0.4) is 0 Å². The lowest BCUT2D eigenvalue weighted by Gasteiger charge is -1.99. The van der Waals surface area contributed by atoms with Crippen LogP contribution in [0.25, 0.3) is 22.1 Å². The van der Waals surface area contributed by atoms with Gasteiger partial charge in [-0.05, 0) is 37.4 Å². The molecule has 0 bridgehead atoms. The van der Waals surface area contributed by atoms with E-state index in [0.29, 0.717) is 11.6 Å². The molecule has 0 aliphatic rings. The van der Waals surface area contributed by atoms with Gasteiger partial charge in [-0.25, -0.2) is 5.43 Å². The number of aryl methyl sites for hydroxylation is 1. The number of aromatic amines is 1. The zero-order valence-corrected chi connectivity index (χ0v) is 13.5. The van der Waals surface area contributed by atoms with Crippen molar-refractivity contribution in [2.75, 3.05) is 5.43 Å². The van der Waals surface area contributed by atoms with E-state index in [4.69, 9.17) is 0 Å².